The number of nitrogens with zero attached hydrogens (tertiary/aromatic N) is 2. The number of benzene rings is 3. The molecule has 0 unspecified atom stereocenters. The average molecular weight is 416 g/mol. The maximum absolute atomic E-state index is 8.90. The summed E-state index contributed by atoms with van der Waals surface area (Å²) in [7, 11) is 1.60. The first kappa shape index (κ1) is 19.9. The normalized spacial score (nSPS) is 11.5. The molecule has 0 spiro atoms. The first-order valence-electron chi connectivity index (χ1n) is 9.29. The summed E-state index contributed by atoms with van der Waals surface area (Å²) >= 11 is 0. The number of nitrogens with two attached hydrogens (primary N) is 1. The Balaban J connectivity index is 1.77. The van der Waals surface area contributed by atoms with E-state index in [-0.39, 0.29) is 11.7 Å². The van der Waals surface area contributed by atoms with Crippen LogP contribution in [-0.4, -0.2) is 39.2 Å². The van der Waals surface area contributed by atoms with Crippen molar-refractivity contribution in [3.05, 3.63) is 71.8 Å². The highest BCUT2D eigenvalue weighted by Gasteiger charge is 2.14. The molecule has 0 fully saturated rings. The van der Waals surface area contributed by atoms with E-state index in [0.29, 0.717) is 28.2 Å². The van der Waals surface area contributed by atoms with Crippen molar-refractivity contribution in [2.45, 2.75) is 0 Å². The van der Waals surface area contributed by atoms with Crippen molar-refractivity contribution < 1.29 is 15.2 Å². The number of nitrogens with one attached hydrogen (secondary N) is 3. The lowest BCUT2D eigenvalue weighted by molar-refractivity contribution is 0.234. The van der Waals surface area contributed by atoms with E-state index in [0.717, 1.165) is 22.2 Å². The van der Waals surface area contributed by atoms with Crippen molar-refractivity contribution in [3.8, 4) is 28.3 Å². The Morgan fingerprint density at radius 3 is 2.45 bits per heavy atom. The number of aromatic nitrogens is 2. The van der Waals surface area contributed by atoms with E-state index in [4.69, 9.17) is 26.3 Å². The molecule has 9 heteroatoms. The summed E-state index contributed by atoms with van der Waals surface area (Å²) in [6, 6.07) is 18.3. The zero-order valence-corrected chi connectivity index (χ0v) is 16.5. The van der Waals surface area contributed by atoms with Gasteiger partial charge >= 0.3 is 0 Å². The maximum atomic E-state index is 8.90. The molecule has 4 rings (SSSR count). The maximum Gasteiger partial charge on any atom is 0.170 e. The molecular formula is C22H20N6O3. The van der Waals surface area contributed by atoms with Gasteiger partial charge in [-0.05, 0) is 41.5 Å². The molecule has 0 aliphatic carbocycles. The van der Waals surface area contributed by atoms with Crippen LogP contribution in [0.5, 0.6) is 5.75 Å². The van der Waals surface area contributed by atoms with Crippen LogP contribution in [0.3, 0.4) is 0 Å². The lowest BCUT2D eigenvalue weighted by Gasteiger charge is -2.10. The highest BCUT2D eigenvalue weighted by molar-refractivity contribution is 6.00. The molecule has 3 aromatic carbocycles. The third-order valence-electron chi connectivity index (χ3n) is 4.96. The predicted octanol–water partition coefficient (Wildman–Crippen LogP) is 3.30. The largest absolute Gasteiger partial charge is 0.496 e. The van der Waals surface area contributed by atoms with Gasteiger partial charge < -0.3 is 20.7 Å². The molecule has 0 amide bonds. The monoisotopic (exact) mass is 416 g/mol. The Kier molecular flexibility index (Phi) is 5.25. The first-order chi connectivity index (χ1) is 15.0. The molecule has 0 radical (unpaired) electrons. The molecule has 0 bridgehead atoms. The Morgan fingerprint density at radius 1 is 1.06 bits per heavy atom. The van der Waals surface area contributed by atoms with Gasteiger partial charge in [-0.1, -0.05) is 35.5 Å². The van der Waals surface area contributed by atoms with Crippen LogP contribution in [0.25, 0.3) is 33.5 Å². The fraction of sp³-hybridized carbons (Fsp3) is 0.0455. The number of H-pyrrole nitrogens is 1. The van der Waals surface area contributed by atoms with Crippen LogP contribution in [0, 0.1) is 5.41 Å². The van der Waals surface area contributed by atoms with Gasteiger partial charge in [0.25, 0.3) is 0 Å². The van der Waals surface area contributed by atoms with E-state index < -0.39 is 0 Å². The minimum atomic E-state index is -0.0736. The summed E-state index contributed by atoms with van der Waals surface area (Å²) in [4.78, 5) is 7.94. The average Bonchev–Trinajstić information content (AvgIpc) is 3.26. The van der Waals surface area contributed by atoms with Crippen LogP contribution in [0.4, 0.5) is 0 Å². The number of aromatic amines is 1. The number of amidine groups is 2. The Morgan fingerprint density at radius 2 is 1.77 bits per heavy atom. The van der Waals surface area contributed by atoms with Crippen molar-refractivity contribution in [2.24, 2.45) is 10.9 Å². The molecule has 31 heavy (non-hydrogen) atoms. The van der Waals surface area contributed by atoms with Crippen LogP contribution in [0.2, 0.25) is 0 Å². The number of methoxy groups -OCH3 is 1. The van der Waals surface area contributed by atoms with Crippen molar-refractivity contribution in [1.82, 2.24) is 15.4 Å². The number of rotatable bonds is 5. The third-order valence-corrected chi connectivity index (χ3v) is 4.96. The fourth-order valence-electron chi connectivity index (χ4n) is 3.32. The van der Waals surface area contributed by atoms with Crippen molar-refractivity contribution >= 4 is 22.7 Å². The molecule has 0 saturated carbocycles. The second-order valence-corrected chi connectivity index (χ2v) is 6.78. The van der Waals surface area contributed by atoms with Gasteiger partial charge in [-0.15, -0.1) is 0 Å². The highest BCUT2D eigenvalue weighted by Crippen LogP contribution is 2.34. The smallest absolute Gasteiger partial charge is 0.170 e. The number of imidazole rings is 1. The van der Waals surface area contributed by atoms with E-state index in [1.54, 1.807) is 31.4 Å². The number of fused-ring (bicyclic) bond motifs is 1. The molecule has 9 nitrogen and oxygen atoms in total. The lowest BCUT2D eigenvalue weighted by Crippen LogP contribution is -2.18. The minimum absolute atomic E-state index is 0.0129. The summed E-state index contributed by atoms with van der Waals surface area (Å²) in [5, 5.41) is 28.5. The van der Waals surface area contributed by atoms with Gasteiger partial charge in [0.05, 0.1) is 23.7 Å². The van der Waals surface area contributed by atoms with Crippen LogP contribution in [-0.2, 0) is 0 Å². The molecule has 0 saturated heterocycles. The lowest BCUT2D eigenvalue weighted by atomic mass is 10.0. The van der Waals surface area contributed by atoms with Gasteiger partial charge in [0.15, 0.2) is 5.84 Å². The third kappa shape index (κ3) is 3.77. The van der Waals surface area contributed by atoms with Crippen molar-refractivity contribution in [2.75, 3.05) is 7.11 Å². The van der Waals surface area contributed by atoms with E-state index >= 15 is 0 Å². The van der Waals surface area contributed by atoms with Gasteiger partial charge in [-0.2, -0.15) is 0 Å². The summed E-state index contributed by atoms with van der Waals surface area (Å²) in [5.41, 5.74) is 12.8. The van der Waals surface area contributed by atoms with Gasteiger partial charge in [-0.3, -0.25) is 16.1 Å². The fourth-order valence-corrected chi connectivity index (χ4v) is 3.32. The SMILES string of the molecule is COc1ccc(-c2ccc(C(=N)NO)cc2)cc1-c1nc2cc(C(N)=NO)ccc2[nH]1. The van der Waals surface area contributed by atoms with Crippen LogP contribution < -0.4 is 16.0 Å². The van der Waals surface area contributed by atoms with Crippen LogP contribution >= 0.6 is 0 Å². The summed E-state index contributed by atoms with van der Waals surface area (Å²) in [5.74, 6) is 1.21. The zero-order chi connectivity index (χ0) is 22.0. The van der Waals surface area contributed by atoms with Gasteiger partial charge in [0.1, 0.15) is 17.4 Å². The minimum Gasteiger partial charge on any atom is -0.496 e. The predicted molar refractivity (Wildman–Crippen MR) is 118 cm³/mol. The second kappa shape index (κ2) is 8.17. The number of hydroxylamine groups is 1. The molecule has 0 aliphatic rings. The van der Waals surface area contributed by atoms with E-state index in [1.807, 2.05) is 41.9 Å². The summed E-state index contributed by atoms with van der Waals surface area (Å²) in [6.07, 6.45) is 0. The molecule has 1 heterocycles. The van der Waals surface area contributed by atoms with Crippen molar-refractivity contribution in [1.29, 1.82) is 5.41 Å². The van der Waals surface area contributed by atoms with Gasteiger partial charge in [-0.25, -0.2) is 4.98 Å². The Labute approximate surface area is 177 Å². The van der Waals surface area contributed by atoms with E-state index in [1.165, 1.54) is 0 Å². The van der Waals surface area contributed by atoms with Gasteiger partial charge in [0.2, 0.25) is 0 Å². The van der Waals surface area contributed by atoms with E-state index in [9.17, 15) is 0 Å². The summed E-state index contributed by atoms with van der Waals surface area (Å²) < 4.78 is 5.53. The van der Waals surface area contributed by atoms with E-state index in [2.05, 4.69) is 15.1 Å². The number of hydrogen-bond donors (Lipinski definition) is 6. The van der Waals surface area contributed by atoms with Crippen LogP contribution in [0.1, 0.15) is 11.1 Å². The molecule has 0 aliphatic heterocycles. The molecule has 1 aromatic heterocycles. The molecule has 0 atom stereocenters. The quantitative estimate of drug-likeness (QED) is 0.127. The first-order valence-corrected chi connectivity index (χ1v) is 9.29. The molecular weight excluding hydrogens is 396 g/mol. The Bertz CT molecular complexity index is 1290. The van der Waals surface area contributed by atoms with Gasteiger partial charge in [0, 0.05) is 11.1 Å². The zero-order valence-electron chi connectivity index (χ0n) is 16.5. The number of ether oxygens (including phenoxy) is 1. The van der Waals surface area contributed by atoms with Crippen molar-refractivity contribution in [3.63, 3.8) is 0 Å². The second-order valence-electron chi connectivity index (χ2n) is 6.78. The molecule has 156 valence electrons. The number of oxime groups is 1. The standard InChI is InChI=1S/C22H20N6O3/c1-31-19-9-7-14(12-2-4-13(5-3-12)20(23)27-29)10-16(19)22-25-17-8-6-15(21(24)28-30)11-18(17)26-22/h2-11,29-30H,1H3,(H2,23,27)(H2,24,28)(H,25,26). The molecule has 7 N–H and O–H groups in total. The number of hydrogen-bond acceptors (Lipinski definition) is 6. The molecule has 4 aromatic rings. The topological polar surface area (TPSA) is 153 Å². The van der Waals surface area contributed by atoms with Crippen LogP contribution in [0.15, 0.2) is 65.8 Å². The highest BCUT2D eigenvalue weighted by atomic mass is 16.5. The summed E-state index contributed by atoms with van der Waals surface area (Å²) in [6.45, 7) is 0. The Hall–Kier alpha value is -4.37.